The molecule has 2 N–H and O–H groups in total. The van der Waals surface area contributed by atoms with E-state index in [0.29, 0.717) is 28.0 Å². The lowest BCUT2D eigenvalue weighted by Crippen LogP contribution is -2.26. The fourth-order valence-corrected chi connectivity index (χ4v) is 5.64. The van der Waals surface area contributed by atoms with E-state index in [1.54, 1.807) is 72.9 Å². The monoisotopic (exact) mass is 509 g/mol. The van der Waals surface area contributed by atoms with Crippen LogP contribution >= 0.6 is 0 Å². The summed E-state index contributed by atoms with van der Waals surface area (Å²) in [4.78, 5) is 15.9. The summed E-state index contributed by atoms with van der Waals surface area (Å²) in [6.45, 7) is 1.39. The Labute approximate surface area is 214 Å². The van der Waals surface area contributed by atoms with Gasteiger partial charge in [0.15, 0.2) is 0 Å². The van der Waals surface area contributed by atoms with Crippen LogP contribution in [-0.4, -0.2) is 24.4 Å². The van der Waals surface area contributed by atoms with E-state index in [9.17, 15) is 18.3 Å². The summed E-state index contributed by atoms with van der Waals surface area (Å²) in [6.07, 6.45) is 1.59. The molecule has 1 aromatic heterocycles. The molecule has 8 heteroatoms. The van der Waals surface area contributed by atoms with Crippen molar-refractivity contribution in [2.75, 3.05) is 9.62 Å². The molecule has 1 heterocycles. The number of hydrogen-bond acceptors (Lipinski definition) is 5. The van der Waals surface area contributed by atoms with Gasteiger partial charge < -0.3 is 10.4 Å². The molecule has 0 saturated heterocycles. The number of anilines is 3. The van der Waals surface area contributed by atoms with Gasteiger partial charge in [-0.05, 0) is 77.9 Å². The number of phenols is 1. The van der Waals surface area contributed by atoms with E-state index in [1.807, 2.05) is 24.3 Å². The molecule has 37 heavy (non-hydrogen) atoms. The number of amides is 1. The number of aromatic nitrogens is 1. The molecule has 0 aliphatic rings. The minimum atomic E-state index is -4.07. The van der Waals surface area contributed by atoms with Gasteiger partial charge in [0.2, 0.25) is 5.91 Å². The number of aromatic hydroxyl groups is 1. The summed E-state index contributed by atoms with van der Waals surface area (Å²) < 4.78 is 29.5. The van der Waals surface area contributed by atoms with Crippen molar-refractivity contribution in [1.29, 1.82) is 0 Å². The molecule has 5 rings (SSSR count). The Morgan fingerprint density at radius 2 is 1.51 bits per heavy atom. The van der Waals surface area contributed by atoms with E-state index >= 15 is 0 Å². The molecule has 0 spiro atoms. The number of nitrogens with one attached hydrogen (secondary N) is 1. The highest BCUT2D eigenvalue weighted by Gasteiger charge is 2.28. The van der Waals surface area contributed by atoms with Crippen LogP contribution in [0.3, 0.4) is 0 Å². The molecule has 0 fully saturated rings. The van der Waals surface area contributed by atoms with Crippen LogP contribution in [0.5, 0.6) is 5.75 Å². The summed E-state index contributed by atoms with van der Waals surface area (Å²) in [7, 11) is -4.07. The number of carbonyl (C=O) groups is 1. The second-order valence-electron chi connectivity index (χ2n) is 8.42. The lowest BCUT2D eigenvalue weighted by atomic mass is 10.0. The van der Waals surface area contributed by atoms with Crippen LogP contribution in [0.4, 0.5) is 17.1 Å². The Bertz CT molecular complexity index is 1690. The summed E-state index contributed by atoms with van der Waals surface area (Å²) >= 11 is 0. The van der Waals surface area contributed by atoms with E-state index < -0.39 is 10.0 Å². The Morgan fingerprint density at radius 3 is 2.19 bits per heavy atom. The molecular weight excluding hydrogens is 486 g/mol. The fourth-order valence-electron chi connectivity index (χ4n) is 4.13. The Kier molecular flexibility index (Phi) is 6.33. The molecule has 184 valence electrons. The van der Waals surface area contributed by atoms with Gasteiger partial charge >= 0.3 is 0 Å². The second kappa shape index (κ2) is 9.75. The summed E-state index contributed by atoms with van der Waals surface area (Å²) in [6, 6.07) is 29.1. The maximum atomic E-state index is 14.1. The summed E-state index contributed by atoms with van der Waals surface area (Å²) in [5.41, 5.74) is 3.78. The zero-order chi connectivity index (χ0) is 26.0. The molecule has 7 nitrogen and oxygen atoms in total. The number of sulfonamides is 1. The van der Waals surface area contributed by atoms with Gasteiger partial charge in [0.1, 0.15) is 5.75 Å². The number of fused-ring (bicyclic) bond motifs is 1. The first-order valence-electron chi connectivity index (χ1n) is 11.5. The normalized spacial score (nSPS) is 11.3. The number of nitrogens with zero attached hydrogens (tertiary/aromatic N) is 2. The standard InChI is InChI=1S/C29H23N3O4S/c1-20(33)31-23-10-14-26(15-11-23)37(35,36)32(24-5-3-2-4-6-24)29-17-18-30-28-16-9-22(19-27(28)29)21-7-12-25(34)13-8-21/h2-19,34H,1H3,(H,31,33). The first-order valence-corrected chi connectivity index (χ1v) is 12.9. The van der Waals surface area contributed by atoms with Gasteiger partial charge in [-0.25, -0.2) is 12.7 Å². The highest BCUT2D eigenvalue weighted by atomic mass is 32.2. The van der Waals surface area contributed by atoms with E-state index in [2.05, 4.69) is 10.3 Å². The van der Waals surface area contributed by atoms with Gasteiger partial charge in [-0.1, -0.05) is 36.4 Å². The molecule has 0 bridgehead atoms. The molecule has 0 atom stereocenters. The fraction of sp³-hybridized carbons (Fsp3) is 0.0345. The average molecular weight is 510 g/mol. The van der Waals surface area contributed by atoms with Crippen LogP contribution in [-0.2, 0) is 14.8 Å². The molecule has 0 aliphatic heterocycles. The van der Waals surface area contributed by atoms with Crippen molar-refractivity contribution in [2.24, 2.45) is 0 Å². The van der Waals surface area contributed by atoms with Gasteiger partial charge in [-0.15, -0.1) is 0 Å². The lowest BCUT2D eigenvalue weighted by Gasteiger charge is -2.26. The molecule has 0 unspecified atom stereocenters. The number of para-hydroxylation sites is 1. The Morgan fingerprint density at radius 1 is 0.838 bits per heavy atom. The summed E-state index contributed by atoms with van der Waals surface area (Å²) in [5, 5.41) is 13.0. The van der Waals surface area contributed by atoms with Crippen LogP contribution in [0.1, 0.15) is 6.92 Å². The van der Waals surface area contributed by atoms with Gasteiger partial charge in [0, 0.05) is 24.2 Å². The van der Waals surface area contributed by atoms with Crippen molar-refractivity contribution in [1.82, 2.24) is 4.98 Å². The molecule has 4 aromatic carbocycles. The van der Waals surface area contributed by atoms with Gasteiger partial charge in [0.25, 0.3) is 10.0 Å². The van der Waals surface area contributed by atoms with E-state index in [-0.39, 0.29) is 16.6 Å². The number of rotatable bonds is 6. The molecule has 0 aliphatic carbocycles. The highest BCUT2D eigenvalue weighted by Crippen LogP contribution is 2.38. The first kappa shape index (κ1) is 24.0. The summed E-state index contributed by atoms with van der Waals surface area (Å²) in [5.74, 6) is -0.0769. The third-order valence-corrected chi connectivity index (χ3v) is 7.60. The lowest BCUT2D eigenvalue weighted by molar-refractivity contribution is -0.114. The number of benzene rings is 4. The molecule has 1 amide bonds. The smallest absolute Gasteiger partial charge is 0.268 e. The predicted octanol–water partition coefficient (Wildman–Crippen LogP) is 6.09. The number of carbonyl (C=O) groups excluding carboxylic acids is 1. The second-order valence-corrected chi connectivity index (χ2v) is 10.2. The molecule has 5 aromatic rings. The van der Waals surface area contributed by atoms with Crippen molar-refractivity contribution in [2.45, 2.75) is 11.8 Å². The zero-order valence-electron chi connectivity index (χ0n) is 19.9. The predicted molar refractivity (Wildman–Crippen MR) is 145 cm³/mol. The number of phenolic OH excluding ortho intramolecular Hbond substituents is 1. The van der Waals surface area contributed by atoms with Crippen LogP contribution in [0, 0.1) is 0 Å². The van der Waals surface area contributed by atoms with E-state index in [4.69, 9.17) is 0 Å². The third-order valence-electron chi connectivity index (χ3n) is 5.84. The van der Waals surface area contributed by atoms with E-state index in [0.717, 1.165) is 11.1 Å². The maximum absolute atomic E-state index is 14.1. The van der Waals surface area contributed by atoms with Crippen LogP contribution in [0.25, 0.3) is 22.0 Å². The minimum absolute atomic E-state index is 0.0742. The first-order chi connectivity index (χ1) is 17.8. The quantitative estimate of drug-likeness (QED) is 0.288. The Balaban J connectivity index is 1.69. The van der Waals surface area contributed by atoms with Crippen molar-refractivity contribution < 1.29 is 18.3 Å². The molecule has 0 saturated carbocycles. The van der Waals surface area contributed by atoms with Gasteiger partial charge in [-0.3, -0.25) is 9.78 Å². The van der Waals surface area contributed by atoms with Crippen LogP contribution in [0.15, 0.2) is 114 Å². The van der Waals surface area contributed by atoms with Crippen molar-refractivity contribution >= 4 is 43.9 Å². The SMILES string of the molecule is CC(=O)Nc1ccc(S(=O)(=O)N(c2ccccc2)c2ccnc3ccc(-c4ccc(O)cc4)cc23)cc1. The number of hydrogen-bond donors (Lipinski definition) is 2. The van der Waals surface area contributed by atoms with Crippen LogP contribution < -0.4 is 9.62 Å². The topological polar surface area (TPSA) is 99.6 Å². The highest BCUT2D eigenvalue weighted by molar-refractivity contribution is 7.93. The zero-order valence-corrected chi connectivity index (χ0v) is 20.7. The van der Waals surface area contributed by atoms with Gasteiger partial charge in [-0.2, -0.15) is 0 Å². The Hall–Kier alpha value is -4.69. The van der Waals surface area contributed by atoms with Crippen LogP contribution in [0.2, 0.25) is 0 Å². The third kappa shape index (κ3) is 4.87. The largest absolute Gasteiger partial charge is 0.508 e. The van der Waals surface area contributed by atoms with Gasteiger partial charge in [0.05, 0.1) is 21.8 Å². The molecular formula is C29H23N3O4S. The van der Waals surface area contributed by atoms with Crippen molar-refractivity contribution in [3.8, 4) is 16.9 Å². The minimum Gasteiger partial charge on any atom is -0.508 e. The van der Waals surface area contributed by atoms with Crippen molar-refractivity contribution in [3.63, 3.8) is 0 Å². The number of pyridine rings is 1. The molecule has 0 radical (unpaired) electrons. The van der Waals surface area contributed by atoms with E-state index in [1.165, 1.54) is 23.4 Å². The van der Waals surface area contributed by atoms with Crippen molar-refractivity contribution in [3.05, 3.63) is 109 Å². The average Bonchev–Trinajstić information content (AvgIpc) is 2.90. The maximum Gasteiger partial charge on any atom is 0.268 e.